The maximum Gasteiger partial charge on any atom is 0.353 e. The lowest BCUT2D eigenvalue weighted by Gasteiger charge is -1.77. The first-order valence-electron chi connectivity index (χ1n) is 2.15. The van der Waals surface area contributed by atoms with Crippen LogP contribution in [0.1, 0.15) is 0 Å². The predicted octanol–water partition coefficient (Wildman–Crippen LogP) is -1.23. The van der Waals surface area contributed by atoms with Crippen molar-refractivity contribution in [2.45, 2.75) is 0 Å². The fourth-order valence-electron chi connectivity index (χ4n) is 0.418. The Balaban J connectivity index is 3.28. The van der Waals surface area contributed by atoms with Crippen LogP contribution in [0.5, 0.6) is 0 Å². The van der Waals surface area contributed by atoms with Gasteiger partial charge in [0.25, 0.3) is 0 Å². The Bertz CT molecular complexity index is 229. The molecule has 0 bridgehead atoms. The number of nitrogen functional groups attached to an aromatic ring is 1. The number of rotatable bonds is 0. The molecule has 42 valence electrons. The average molecular weight is 112 g/mol. The summed E-state index contributed by atoms with van der Waals surface area (Å²) in [6.07, 6.45) is 1.48. The zero-order chi connectivity index (χ0) is 5.98. The second-order valence-electron chi connectivity index (χ2n) is 1.38. The third-order valence-corrected chi connectivity index (χ3v) is 0.731. The number of hydrogen-bond acceptors (Lipinski definition) is 2. The van der Waals surface area contributed by atoms with Crippen LogP contribution < -0.4 is 16.3 Å². The van der Waals surface area contributed by atoms with Gasteiger partial charge in [-0.25, -0.2) is 4.98 Å². The first-order chi connectivity index (χ1) is 3.79. The predicted molar refractivity (Wildman–Crippen MR) is 28.0 cm³/mol. The Labute approximate surface area is 45.4 Å². The highest BCUT2D eigenvalue weighted by Gasteiger charge is 1.88. The van der Waals surface area contributed by atoms with E-state index in [9.17, 15) is 4.79 Å². The lowest BCUT2D eigenvalue weighted by Crippen LogP contribution is -2.18. The number of aromatic amines is 2. The summed E-state index contributed by atoms with van der Waals surface area (Å²) in [7, 11) is 0. The van der Waals surface area contributed by atoms with Gasteiger partial charge in [-0.1, -0.05) is 0 Å². The molecule has 4 N–H and O–H groups in total. The smallest absolute Gasteiger partial charge is 0.290 e. The Kier molecular flexibility index (Phi) is 0.997. The highest BCUT2D eigenvalue weighted by molar-refractivity contribution is 5.01. The highest BCUT2D eigenvalue weighted by Crippen LogP contribution is 1.67. The number of nitrogens with one attached hydrogen (secondary N) is 2. The zero-order valence-electron chi connectivity index (χ0n) is 4.14. The Morgan fingerprint density at radius 2 is 2.50 bits per heavy atom. The van der Waals surface area contributed by atoms with Gasteiger partial charge in [-0.05, 0) is 0 Å². The van der Waals surface area contributed by atoms with Crippen molar-refractivity contribution in [1.82, 2.24) is 4.98 Å². The molecule has 4 nitrogen and oxygen atoms in total. The van der Waals surface area contributed by atoms with Gasteiger partial charge in [0.05, 0.1) is 12.3 Å². The molecule has 0 atom stereocenters. The lowest BCUT2D eigenvalue weighted by molar-refractivity contribution is -0.364. The molecule has 1 heterocycles. The molecule has 1 rings (SSSR count). The number of H-pyrrole nitrogens is 2. The van der Waals surface area contributed by atoms with E-state index in [0.717, 1.165) is 0 Å². The van der Waals surface area contributed by atoms with E-state index in [1.165, 1.54) is 12.3 Å². The van der Waals surface area contributed by atoms with E-state index in [2.05, 4.69) is 9.97 Å². The quantitative estimate of drug-likeness (QED) is 0.441. The maximum atomic E-state index is 10.3. The molecule has 0 radical (unpaired) electrons. The summed E-state index contributed by atoms with van der Waals surface area (Å²) < 4.78 is 0. The van der Waals surface area contributed by atoms with Gasteiger partial charge in [0.1, 0.15) is 0 Å². The van der Waals surface area contributed by atoms with Crippen LogP contribution in [0.3, 0.4) is 0 Å². The Hall–Kier alpha value is -1.32. The topological polar surface area (TPSA) is 73.0 Å². The molecule has 0 spiro atoms. The number of hydrogen-bond donors (Lipinski definition) is 2. The average Bonchev–Trinajstić information content (AvgIpc) is 1.64. The van der Waals surface area contributed by atoms with Gasteiger partial charge in [-0.2, -0.15) is 0 Å². The SMILES string of the molecule is Nc1[nH]c(=O)cc[nH+]1. The minimum atomic E-state index is -0.193. The Morgan fingerprint density at radius 1 is 1.75 bits per heavy atom. The summed E-state index contributed by atoms with van der Waals surface area (Å²) >= 11 is 0. The van der Waals surface area contributed by atoms with Gasteiger partial charge in [-0.3, -0.25) is 15.5 Å². The summed E-state index contributed by atoms with van der Waals surface area (Å²) in [5, 5.41) is 0. The summed E-state index contributed by atoms with van der Waals surface area (Å²) in [5.74, 6) is 0.275. The van der Waals surface area contributed by atoms with Gasteiger partial charge < -0.3 is 0 Å². The van der Waals surface area contributed by atoms with Crippen LogP contribution in [0.15, 0.2) is 17.1 Å². The maximum absolute atomic E-state index is 10.3. The van der Waals surface area contributed by atoms with Crippen molar-refractivity contribution in [2.75, 3.05) is 5.73 Å². The van der Waals surface area contributed by atoms with Crippen LogP contribution in [0.25, 0.3) is 0 Å². The van der Waals surface area contributed by atoms with Gasteiger partial charge in [0, 0.05) is 0 Å². The molecular weight excluding hydrogens is 106 g/mol. The van der Waals surface area contributed by atoms with Crippen LogP contribution in [0.2, 0.25) is 0 Å². The number of anilines is 1. The van der Waals surface area contributed by atoms with E-state index in [4.69, 9.17) is 5.73 Å². The normalized spacial score (nSPS) is 9.00. The standard InChI is InChI=1S/C4H5N3O/c5-4-6-2-1-3(8)7-4/h1-2H,(H3,5,6,7,8)/p+1. The van der Waals surface area contributed by atoms with E-state index in [-0.39, 0.29) is 11.5 Å². The molecule has 0 saturated carbocycles. The molecule has 0 aliphatic heterocycles. The molecule has 1 aromatic heterocycles. The molecule has 4 heteroatoms. The van der Waals surface area contributed by atoms with Crippen molar-refractivity contribution < 1.29 is 4.98 Å². The van der Waals surface area contributed by atoms with E-state index in [1.807, 2.05) is 0 Å². The zero-order valence-corrected chi connectivity index (χ0v) is 4.14. The van der Waals surface area contributed by atoms with Crippen molar-refractivity contribution >= 4 is 5.95 Å². The monoisotopic (exact) mass is 112 g/mol. The summed E-state index contributed by atoms with van der Waals surface area (Å²) in [5.41, 5.74) is 4.95. The van der Waals surface area contributed by atoms with E-state index in [0.29, 0.717) is 0 Å². The largest absolute Gasteiger partial charge is 0.353 e. The molecule has 8 heavy (non-hydrogen) atoms. The van der Waals surface area contributed by atoms with Crippen molar-refractivity contribution in [3.8, 4) is 0 Å². The van der Waals surface area contributed by atoms with E-state index >= 15 is 0 Å². The molecule has 1 aromatic rings. The third kappa shape index (κ3) is 0.841. The summed E-state index contributed by atoms with van der Waals surface area (Å²) in [6, 6.07) is 1.36. The fraction of sp³-hybridized carbons (Fsp3) is 0. The van der Waals surface area contributed by atoms with Crippen molar-refractivity contribution in [2.24, 2.45) is 0 Å². The highest BCUT2D eigenvalue weighted by atomic mass is 16.1. The summed E-state index contributed by atoms with van der Waals surface area (Å²) in [6.45, 7) is 0. The van der Waals surface area contributed by atoms with Crippen molar-refractivity contribution in [3.63, 3.8) is 0 Å². The van der Waals surface area contributed by atoms with Crippen LogP contribution in [0, 0.1) is 0 Å². The Morgan fingerprint density at radius 3 is 2.88 bits per heavy atom. The third-order valence-electron chi connectivity index (χ3n) is 0.731. The molecule has 0 aliphatic rings. The second-order valence-corrected chi connectivity index (χ2v) is 1.38. The van der Waals surface area contributed by atoms with Crippen molar-refractivity contribution in [1.29, 1.82) is 0 Å². The van der Waals surface area contributed by atoms with Crippen LogP contribution in [-0.2, 0) is 0 Å². The molecule has 0 aliphatic carbocycles. The minimum Gasteiger partial charge on any atom is -0.290 e. The second kappa shape index (κ2) is 1.65. The van der Waals surface area contributed by atoms with Crippen molar-refractivity contribution in [3.05, 3.63) is 22.6 Å². The van der Waals surface area contributed by atoms with E-state index < -0.39 is 0 Å². The molecular formula is C4H6N3O+. The number of aromatic nitrogens is 2. The van der Waals surface area contributed by atoms with Gasteiger partial charge in [-0.15, -0.1) is 0 Å². The molecule has 0 aromatic carbocycles. The van der Waals surface area contributed by atoms with Gasteiger partial charge in [0.2, 0.25) is 0 Å². The van der Waals surface area contributed by atoms with Gasteiger partial charge >= 0.3 is 11.5 Å². The van der Waals surface area contributed by atoms with Gasteiger partial charge in [0.15, 0.2) is 0 Å². The molecule has 0 amide bonds. The first kappa shape index (κ1) is 4.83. The molecule has 0 saturated heterocycles. The summed E-state index contributed by atoms with van der Waals surface area (Å²) in [4.78, 5) is 15.3. The van der Waals surface area contributed by atoms with Crippen LogP contribution >= 0.6 is 0 Å². The molecule has 0 fully saturated rings. The van der Waals surface area contributed by atoms with E-state index in [1.54, 1.807) is 0 Å². The van der Waals surface area contributed by atoms with Crippen LogP contribution in [-0.4, -0.2) is 4.98 Å². The lowest BCUT2D eigenvalue weighted by atomic mass is 10.7. The number of nitrogens with two attached hydrogens (primary N) is 1. The van der Waals surface area contributed by atoms with Crippen LogP contribution in [0.4, 0.5) is 5.95 Å². The fourth-order valence-corrected chi connectivity index (χ4v) is 0.418. The first-order valence-corrected chi connectivity index (χ1v) is 2.15. The minimum absolute atomic E-state index is 0.193. The molecule has 0 unspecified atom stereocenters.